The van der Waals surface area contributed by atoms with Crippen molar-refractivity contribution in [2.24, 2.45) is 10.8 Å². The Morgan fingerprint density at radius 1 is 1.06 bits per heavy atom. The standard InChI is InChI=1S/C15H22O/c1-11-5-13(16)9-15(7-11)8-12(2)6-14(3,4)10-15/h5,8H,6-7,9-10H2,1-4H3. The first-order valence-corrected chi connectivity index (χ1v) is 6.19. The molecule has 2 aliphatic rings. The van der Waals surface area contributed by atoms with E-state index in [1.54, 1.807) is 0 Å². The summed E-state index contributed by atoms with van der Waals surface area (Å²) in [6, 6.07) is 0. The van der Waals surface area contributed by atoms with E-state index >= 15 is 0 Å². The Balaban J connectivity index is 2.36. The van der Waals surface area contributed by atoms with Gasteiger partial charge in [-0.15, -0.1) is 0 Å². The second kappa shape index (κ2) is 3.58. The zero-order valence-corrected chi connectivity index (χ0v) is 10.9. The lowest BCUT2D eigenvalue weighted by atomic mass is 9.60. The number of allylic oxidation sites excluding steroid dienone is 4. The van der Waals surface area contributed by atoms with Gasteiger partial charge in [0.05, 0.1) is 0 Å². The summed E-state index contributed by atoms with van der Waals surface area (Å²) >= 11 is 0. The van der Waals surface area contributed by atoms with Gasteiger partial charge in [0, 0.05) is 6.42 Å². The lowest BCUT2D eigenvalue weighted by molar-refractivity contribution is -0.117. The minimum Gasteiger partial charge on any atom is -0.295 e. The Hall–Kier alpha value is -0.850. The van der Waals surface area contributed by atoms with Crippen LogP contribution in [0.15, 0.2) is 23.3 Å². The summed E-state index contributed by atoms with van der Waals surface area (Å²) in [7, 11) is 0. The molecule has 2 rings (SSSR count). The maximum Gasteiger partial charge on any atom is 0.156 e. The fourth-order valence-electron chi connectivity index (χ4n) is 3.96. The molecular weight excluding hydrogens is 196 g/mol. The molecule has 0 aromatic carbocycles. The third-order valence-electron chi connectivity index (χ3n) is 3.71. The largest absolute Gasteiger partial charge is 0.295 e. The van der Waals surface area contributed by atoms with Crippen LogP contribution in [0.5, 0.6) is 0 Å². The van der Waals surface area contributed by atoms with E-state index in [9.17, 15) is 4.79 Å². The summed E-state index contributed by atoms with van der Waals surface area (Å²) in [5.74, 6) is 0.311. The van der Waals surface area contributed by atoms with Gasteiger partial charge in [0.1, 0.15) is 0 Å². The monoisotopic (exact) mass is 218 g/mol. The molecule has 0 heterocycles. The normalized spacial score (nSPS) is 33.6. The molecule has 0 saturated carbocycles. The van der Waals surface area contributed by atoms with Crippen LogP contribution in [0, 0.1) is 10.8 Å². The van der Waals surface area contributed by atoms with Crippen LogP contribution in [0.1, 0.15) is 53.4 Å². The Kier molecular flexibility index (Phi) is 2.60. The highest BCUT2D eigenvalue weighted by molar-refractivity contribution is 5.92. The van der Waals surface area contributed by atoms with Crippen molar-refractivity contribution in [1.29, 1.82) is 0 Å². The average Bonchev–Trinajstić information content (AvgIpc) is 1.93. The second-order valence-corrected chi connectivity index (χ2v) is 6.68. The van der Waals surface area contributed by atoms with Crippen LogP contribution in [-0.2, 0) is 4.79 Å². The summed E-state index contributed by atoms with van der Waals surface area (Å²) in [5.41, 5.74) is 3.18. The maximum absolute atomic E-state index is 11.8. The molecule has 0 saturated heterocycles. The predicted octanol–water partition coefficient (Wildman–Crippen LogP) is 4.05. The molecule has 16 heavy (non-hydrogen) atoms. The third kappa shape index (κ3) is 2.28. The molecule has 0 N–H and O–H groups in total. The second-order valence-electron chi connectivity index (χ2n) is 6.68. The quantitative estimate of drug-likeness (QED) is 0.561. The van der Waals surface area contributed by atoms with Crippen molar-refractivity contribution in [1.82, 2.24) is 0 Å². The number of rotatable bonds is 0. The Morgan fingerprint density at radius 3 is 2.31 bits per heavy atom. The first kappa shape index (κ1) is 11.6. The van der Waals surface area contributed by atoms with Crippen LogP contribution < -0.4 is 0 Å². The van der Waals surface area contributed by atoms with Crippen LogP contribution >= 0.6 is 0 Å². The Labute approximate surface area is 98.6 Å². The van der Waals surface area contributed by atoms with Gasteiger partial charge in [0.15, 0.2) is 5.78 Å². The first-order chi connectivity index (χ1) is 7.30. The SMILES string of the molecule is CC1=CC2(CC(=O)C=C(C)C2)CC(C)(C)C1. The van der Waals surface area contributed by atoms with E-state index in [-0.39, 0.29) is 5.41 Å². The van der Waals surface area contributed by atoms with Gasteiger partial charge in [-0.3, -0.25) is 4.79 Å². The van der Waals surface area contributed by atoms with Crippen molar-refractivity contribution >= 4 is 5.78 Å². The molecule has 1 heteroatoms. The van der Waals surface area contributed by atoms with E-state index in [1.807, 2.05) is 6.08 Å². The van der Waals surface area contributed by atoms with Crippen LogP contribution in [0.3, 0.4) is 0 Å². The molecule has 1 atom stereocenters. The van der Waals surface area contributed by atoms with E-state index in [2.05, 4.69) is 33.8 Å². The molecular formula is C15H22O. The molecule has 1 nitrogen and oxygen atoms in total. The lowest BCUT2D eigenvalue weighted by Crippen LogP contribution is -2.35. The molecule has 0 aliphatic heterocycles. The van der Waals surface area contributed by atoms with Gasteiger partial charge in [-0.2, -0.15) is 0 Å². The van der Waals surface area contributed by atoms with E-state index in [4.69, 9.17) is 0 Å². The summed E-state index contributed by atoms with van der Waals surface area (Å²) in [6.45, 7) is 8.94. The van der Waals surface area contributed by atoms with E-state index in [1.165, 1.54) is 17.6 Å². The van der Waals surface area contributed by atoms with Crippen molar-refractivity contribution in [3.05, 3.63) is 23.3 Å². The first-order valence-electron chi connectivity index (χ1n) is 6.19. The molecule has 1 spiro atoms. The molecule has 0 aromatic rings. The number of ketones is 1. The maximum atomic E-state index is 11.8. The fourth-order valence-corrected chi connectivity index (χ4v) is 3.96. The molecule has 2 aliphatic carbocycles. The highest BCUT2D eigenvalue weighted by Crippen LogP contribution is 2.51. The highest BCUT2D eigenvalue weighted by atomic mass is 16.1. The molecule has 0 bridgehead atoms. The Morgan fingerprint density at radius 2 is 1.75 bits per heavy atom. The third-order valence-corrected chi connectivity index (χ3v) is 3.71. The van der Waals surface area contributed by atoms with Crippen molar-refractivity contribution < 1.29 is 4.79 Å². The van der Waals surface area contributed by atoms with Gasteiger partial charge in [0.25, 0.3) is 0 Å². The average molecular weight is 218 g/mol. The zero-order chi connectivity index (χ0) is 12.0. The van der Waals surface area contributed by atoms with Crippen LogP contribution in [0.25, 0.3) is 0 Å². The van der Waals surface area contributed by atoms with Crippen molar-refractivity contribution in [3.63, 3.8) is 0 Å². The lowest BCUT2D eigenvalue weighted by Gasteiger charge is -2.44. The van der Waals surface area contributed by atoms with Crippen molar-refractivity contribution in [3.8, 4) is 0 Å². The highest BCUT2D eigenvalue weighted by Gasteiger charge is 2.41. The summed E-state index contributed by atoms with van der Waals surface area (Å²) in [5, 5.41) is 0. The summed E-state index contributed by atoms with van der Waals surface area (Å²) in [6.07, 6.45) is 8.31. The molecule has 0 aromatic heterocycles. The summed E-state index contributed by atoms with van der Waals surface area (Å²) in [4.78, 5) is 11.8. The van der Waals surface area contributed by atoms with Gasteiger partial charge in [-0.25, -0.2) is 0 Å². The van der Waals surface area contributed by atoms with E-state index < -0.39 is 0 Å². The smallest absolute Gasteiger partial charge is 0.156 e. The van der Waals surface area contributed by atoms with Gasteiger partial charge in [0.2, 0.25) is 0 Å². The molecule has 1 unspecified atom stereocenters. The van der Waals surface area contributed by atoms with Gasteiger partial charge < -0.3 is 0 Å². The van der Waals surface area contributed by atoms with Gasteiger partial charge >= 0.3 is 0 Å². The molecule has 88 valence electrons. The Bertz CT molecular complexity index is 384. The van der Waals surface area contributed by atoms with Crippen LogP contribution in [-0.4, -0.2) is 5.78 Å². The molecule has 0 amide bonds. The van der Waals surface area contributed by atoms with E-state index in [0.717, 1.165) is 12.8 Å². The van der Waals surface area contributed by atoms with Crippen LogP contribution in [0.4, 0.5) is 0 Å². The topological polar surface area (TPSA) is 17.1 Å². The number of carbonyl (C=O) groups is 1. The summed E-state index contributed by atoms with van der Waals surface area (Å²) < 4.78 is 0. The van der Waals surface area contributed by atoms with Gasteiger partial charge in [-0.05, 0) is 50.0 Å². The number of hydrogen-bond acceptors (Lipinski definition) is 1. The van der Waals surface area contributed by atoms with E-state index in [0.29, 0.717) is 17.6 Å². The van der Waals surface area contributed by atoms with Gasteiger partial charge in [-0.1, -0.05) is 31.1 Å². The minimum atomic E-state index is 0.127. The van der Waals surface area contributed by atoms with Crippen LogP contribution in [0.2, 0.25) is 0 Å². The fraction of sp³-hybridized carbons (Fsp3) is 0.667. The molecule has 0 fully saturated rings. The predicted molar refractivity (Wildman–Crippen MR) is 67.2 cm³/mol. The van der Waals surface area contributed by atoms with Crippen molar-refractivity contribution in [2.75, 3.05) is 0 Å². The number of hydrogen-bond donors (Lipinski definition) is 0. The minimum absolute atomic E-state index is 0.127. The number of carbonyl (C=O) groups excluding carboxylic acids is 1. The van der Waals surface area contributed by atoms with Crippen molar-refractivity contribution in [2.45, 2.75) is 53.4 Å². The zero-order valence-electron chi connectivity index (χ0n) is 10.9. The molecule has 0 radical (unpaired) electrons.